The van der Waals surface area contributed by atoms with Gasteiger partial charge in [0, 0.05) is 17.3 Å². The van der Waals surface area contributed by atoms with E-state index in [2.05, 4.69) is 39.1 Å². The van der Waals surface area contributed by atoms with Gasteiger partial charge < -0.3 is 5.73 Å². The Balaban J connectivity index is 2.98. The molecule has 0 aliphatic heterocycles. The summed E-state index contributed by atoms with van der Waals surface area (Å²) < 4.78 is 0. The molecule has 1 nitrogen and oxygen atoms in total. The summed E-state index contributed by atoms with van der Waals surface area (Å²) in [5.41, 5.74) is 7.48. The first-order valence-electron chi connectivity index (χ1n) is 4.71. The van der Waals surface area contributed by atoms with Gasteiger partial charge in [0.1, 0.15) is 0 Å². The van der Waals surface area contributed by atoms with Crippen LogP contribution >= 0.6 is 11.3 Å². The van der Waals surface area contributed by atoms with E-state index in [1.165, 1.54) is 10.4 Å². The molecule has 1 rings (SSSR count). The van der Waals surface area contributed by atoms with Crippen molar-refractivity contribution in [3.8, 4) is 0 Å². The molecule has 1 heterocycles. The standard InChI is InChI=1S/C11H19NS/c1-8-5-6-13-10(8)9(7-12)11(2,3)4/h5-6,9H,7,12H2,1-4H3. The molecule has 13 heavy (non-hydrogen) atoms. The normalized spacial score (nSPS) is 14.5. The minimum Gasteiger partial charge on any atom is -0.330 e. The highest BCUT2D eigenvalue weighted by molar-refractivity contribution is 7.10. The molecule has 0 aliphatic rings. The molecule has 0 spiro atoms. The van der Waals surface area contributed by atoms with Gasteiger partial charge in [-0.3, -0.25) is 0 Å². The van der Waals surface area contributed by atoms with E-state index in [0.717, 1.165) is 6.54 Å². The predicted molar refractivity (Wildman–Crippen MR) is 60.3 cm³/mol. The lowest BCUT2D eigenvalue weighted by Crippen LogP contribution is -2.25. The number of aryl methyl sites for hydroxylation is 1. The van der Waals surface area contributed by atoms with Crippen molar-refractivity contribution in [2.75, 3.05) is 6.54 Å². The zero-order valence-electron chi connectivity index (χ0n) is 8.92. The minimum atomic E-state index is 0.268. The molecule has 0 aliphatic carbocycles. The Bertz CT molecular complexity index is 270. The number of hydrogen-bond donors (Lipinski definition) is 1. The van der Waals surface area contributed by atoms with E-state index in [9.17, 15) is 0 Å². The van der Waals surface area contributed by atoms with E-state index < -0.39 is 0 Å². The van der Waals surface area contributed by atoms with Crippen molar-refractivity contribution in [1.82, 2.24) is 0 Å². The van der Waals surface area contributed by atoms with Crippen molar-refractivity contribution in [3.63, 3.8) is 0 Å². The molecule has 0 bridgehead atoms. The predicted octanol–water partition coefficient (Wildman–Crippen LogP) is 3.14. The van der Waals surface area contributed by atoms with Crippen molar-refractivity contribution in [2.24, 2.45) is 11.1 Å². The topological polar surface area (TPSA) is 26.0 Å². The Hall–Kier alpha value is -0.340. The lowest BCUT2D eigenvalue weighted by molar-refractivity contribution is 0.329. The summed E-state index contributed by atoms with van der Waals surface area (Å²) >= 11 is 1.83. The monoisotopic (exact) mass is 197 g/mol. The second-order valence-electron chi connectivity index (χ2n) is 4.62. The zero-order chi connectivity index (χ0) is 10.1. The van der Waals surface area contributed by atoms with Gasteiger partial charge in [-0.05, 0) is 29.3 Å². The Kier molecular flexibility index (Phi) is 3.14. The van der Waals surface area contributed by atoms with Crippen LogP contribution < -0.4 is 5.73 Å². The molecule has 2 heteroatoms. The van der Waals surface area contributed by atoms with Crippen LogP contribution in [0.15, 0.2) is 11.4 Å². The third-order valence-corrected chi connectivity index (χ3v) is 3.63. The van der Waals surface area contributed by atoms with Crippen LogP contribution in [-0.2, 0) is 0 Å². The fraction of sp³-hybridized carbons (Fsp3) is 0.636. The van der Waals surface area contributed by atoms with Crippen LogP contribution in [-0.4, -0.2) is 6.54 Å². The quantitative estimate of drug-likeness (QED) is 0.774. The van der Waals surface area contributed by atoms with E-state index in [1.807, 2.05) is 11.3 Å². The first kappa shape index (κ1) is 10.7. The largest absolute Gasteiger partial charge is 0.330 e. The molecule has 1 atom stereocenters. The van der Waals surface area contributed by atoms with Crippen LogP contribution in [0.4, 0.5) is 0 Å². The van der Waals surface area contributed by atoms with Gasteiger partial charge in [-0.2, -0.15) is 0 Å². The van der Waals surface area contributed by atoms with E-state index in [4.69, 9.17) is 5.73 Å². The summed E-state index contributed by atoms with van der Waals surface area (Å²) in [6.07, 6.45) is 0. The molecule has 0 saturated carbocycles. The maximum Gasteiger partial charge on any atom is 0.0123 e. The second-order valence-corrected chi connectivity index (χ2v) is 5.57. The molecule has 0 radical (unpaired) electrons. The van der Waals surface area contributed by atoms with Crippen molar-refractivity contribution >= 4 is 11.3 Å². The molecular formula is C11H19NS. The smallest absolute Gasteiger partial charge is 0.0123 e. The summed E-state index contributed by atoms with van der Waals surface area (Å²) in [5, 5.41) is 2.15. The maximum atomic E-state index is 5.83. The summed E-state index contributed by atoms with van der Waals surface area (Å²) in [7, 11) is 0. The molecule has 1 aromatic rings. The van der Waals surface area contributed by atoms with Crippen LogP contribution in [0.2, 0.25) is 0 Å². The van der Waals surface area contributed by atoms with Crippen molar-refractivity contribution < 1.29 is 0 Å². The summed E-state index contributed by atoms with van der Waals surface area (Å²) in [5.74, 6) is 0.493. The van der Waals surface area contributed by atoms with Gasteiger partial charge in [-0.15, -0.1) is 11.3 Å². The third-order valence-electron chi connectivity index (χ3n) is 2.50. The first-order valence-corrected chi connectivity index (χ1v) is 5.59. The average Bonchev–Trinajstić information content (AvgIpc) is 2.35. The van der Waals surface area contributed by atoms with E-state index in [1.54, 1.807) is 0 Å². The number of nitrogens with two attached hydrogens (primary N) is 1. The molecule has 74 valence electrons. The highest BCUT2D eigenvalue weighted by Gasteiger charge is 2.26. The van der Waals surface area contributed by atoms with E-state index in [-0.39, 0.29) is 5.41 Å². The van der Waals surface area contributed by atoms with Gasteiger partial charge in [0.2, 0.25) is 0 Å². The van der Waals surface area contributed by atoms with Gasteiger partial charge in [0.05, 0.1) is 0 Å². The van der Waals surface area contributed by atoms with E-state index >= 15 is 0 Å². The highest BCUT2D eigenvalue weighted by Crippen LogP contribution is 2.38. The Morgan fingerprint density at radius 3 is 2.38 bits per heavy atom. The fourth-order valence-electron chi connectivity index (χ4n) is 1.60. The molecule has 0 amide bonds. The van der Waals surface area contributed by atoms with Gasteiger partial charge in [-0.25, -0.2) is 0 Å². The van der Waals surface area contributed by atoms with Crippen LogP contribution in [0.3, 0.4) is 0 Å². The molecular weight excluding hydrogens is 178 g/mol. The number of rotatable bonds is 2. The maximum absolute atomic E-state index is 5.83. The Labute approximate surface area is 85.0 Å². The van der Waals surface area contributed by atoms with Gasteiger partial charge in [0.15, 0.2) is 0 Å². The van der Waals surface area contributed by atoms with Crippen LogP contribution in [0.25, 0.3) is 0 Å². The first-order chi connectivity index (χ1) is 5.96. The fourth-order valence-corrected chi connectivity index (χ4v) is 2.88. The van der Waals surface area contributed by atoms with E-state index in [0.29, 0.717) is 5.92 Å². The second kappa shape index (κ2) is 3.81. The summed E-state index contributed by atoms with van der Waals surface area (Å²) in [6, 6.07) is 2.17. The van der Waals surface area contributed by atoms with Crippen molar-refractivity contribution in [3.05, 3.63) is 21.9 Å². The minimum absolute atomic E-state index is 0.268. The van der Waals surface area contributed by atoms with Gasteiger partial charge >= 0.3 is 0 Å². The Morgan fingerprint density at radius 1 is 1.46 bits per heavy atom. The summed E-state index contributed by atoms with van der Waals surface area (Å²) in [6.45, 7) is 9.67. The Morgan fingerprint density at radius 2 is 2.08 bits per heavy atom. The number of thiophene rings is 1. The van der Waals surface area contributed by atoms with Gasteiger partial charge in [-0.1, -0.05) is 20.8 Å². The van der Waals surface area contributed by atoms with Crippen LogP contribution in [0, 0.1) is 12.3 Å². The summed E-state index contributed by atoms with van der Waals surface area (Å²) in [4.78, 5) is 1.45. The third kappa shape index (κ3) is 2.32. The number of hydrogen-bond acceptors (Lipinski definition) is 2. The average molecular weight is 197 g/mol. The zero-order valence-corrected chi connectivity index (χ0v) is 9.74. The lowest BCUT2D eigenvalue weighted by Gasteiger charge is -2.29. The lowest BCUT2D eigenvalue weighted by atomic mass is 9.79. The van der Waals surface area contributed by atoms with Gasteiger partial charge in [0.25, 0.3) is 0 Å². The van der Waals surface area contributed by atoms with Crippen molar-refractivity contribution in [1.29, 1.82) is 0 Å². The highest BCUT2D eigenvalue weighted by atomic mass is 32.1. The SMILES string of the molecule is Cc1ccsc1C(CN)C(C)(C)C. The molecule has 0 fully saturated rings. The van der Waals surface area contributed by atoms with Crippen LogP contribution in [0.1, 0.15) is 37.1 Å². The molecule has 2 N–H and O–H groups in total. The molecule has 1 aromatic heterocycles. The van der Waals surface area contributed by atoms with Crippen molar-refractivity contribution in [2.45, 2.75) is 33.6 Å². The molecule has 1 unspecified atom stereocenters. The molecule has 0 saturated heterocycles. The van der Waals surface area contributed by atoms with Crippen LogP contribution in [0.5, 0.6) is 0 Å². The molecule has 0 aromatic carbocycles.